The van der Waals surface area contributed by atoms with Crippen molar-refractivity contribution >= 4 is 32.5 Å². The number of rotatable bonds is 12. The van der Waals surface area contributed by atoms with Crippen LogP contribution in [0.3, 0.4) is 0 Å². The van der Waals surface area contributed by atoms with Crippen molar-refractivity contribution < 1.29 is 69.3 Å². The summed E-state index contributed by atoms with van der Waals surface area (Å²) < 4.78 is 56.3. The molecule has 0 aliphatic heterocycles. The van der Waals surface area contributed by atoms with Crippen LogP contribution >= 0.6 is 32.5 Å². The molecule has 12 nitrogen and oxygen atoms in total. The molecule has 0 unspecified atom stereocenters. The third-order valence-electron chi connectivity index (χ3n) is 2.04. The summed E-state index contributed by atoms with van der Waals surface area (Å²) in [5.74, 6) is 0. The average molecular weight is 556 g/mol. The van der Waals surface area contributed by atoms with E-state index in [9.17, 15) is 0 Å². The molecule has 17 heteroatoms. The van der Waals surface area contributed by atoms with Gasteiger partial charge in [-0.3, -0.25) is 0 Å². The molecule has 0 heterocycles. The van der Waals surface area contributed by atoms with E-state index in [0.29, 0.717) is 0 Å². The zero-order valence-electron chi connectivity index (χ0n) is 19.1. The van der Waals surface area contributed by atoms with E-state index in [1.54, 1.807) is 64.0 Å². The third kappa shape index (κ3) is 27.7. The third-order valence-corrected chi connectivity index (χ3v) is 7.92. The maximum absolute atomic E-state index is 4.76. The maximum atomic E-state index is 4.76. The van der Waals surface area contributed by atoms with Crippen LogP contribution in [0.5, 0.6) is 0 Å². The Balaban J connectivity index is -0.000000144. The van der Waals surface area contributed by atoms with Crippen molar-refractivity contribution in [1.82, 2.24) is 0 Å². The van der Waals surface area contributed by atoms with Crippen molar-refractivity contribution in [2.45, 2.75) is 0 Å². The molecule has 0 radical (unpaired) electrons. The van der Waals surface area contributed by atoms with Gasteiger partial charge in [0.1, 0.15) is 0 Å². The molecule has 0 saturated heterocycles. The second-order valence-corrected chi connectivity index (χ2v) is 11.9. The fourth-order valence-electron chi connectivity index (χ4n) is 0.921. The van der Waals surface area contributed by atoms with E-state index >= 15 is 0 Å². The van der Waals surface area contributed by atoms with Crippen molar-refractivity contribution in [3.8, 4) is 0 Å². The van der Waals surface area contributed by atoms with Crippen LogP contribution in [0, 0.1) is 0 Å². The Hall–Kier alpha value is 1.73. The van der Waals surface area contributed by atoms with Crippen LogP contribution in [0.15, 0.2) is 0 Å². The molecule has 29 heavy (non-hydrogen) atoms. The summed E-state index contributed by atoms with van der Waals surface area (Å²) in [5.41, 5.74) is 0. The SMILES string of the molecule is COP(OC)OC.COP(OC)OC.COP(OC)OC.CO[PH]([Ni])(OC)OC. The molecule has 0 rings (SSSR count). The first-order chi connectivity index (χ1) is 13.7. The van der Waals surface area contributed by atoms with Crippen LogP contribution in [0.4, 0.5) is 0 Å². The van der Waals surface area contributed by atoms with Crippen LogP contribution in [-0.2, 0) is 69.3 Å². The predicted octanol–water partition coefficient (Wildman–Crippen LogP) is 4.34. The molecule has 0 aromatic carbocycles. The van der Waals surface area contributed by atoms with Gasteiger partial charge in [-0.2, -0.15) is 0 Å². The average Bonchev–Trinajstić information content (AvgIpc) is 2.78. The molecular formula is C12H37NiO12P4. The van der Waals surface area contributed by atoms with E-state index in [0.717, 1.165) is 0 Å². The molecule has 0 spiro atoms. The molecular weight excluding hydrogens is 519 g/mol. The fourth-order valence-corrected chi connectivity index (χ4v) is 2.76. The predicted molar refractivity (Wildman–Crippen MR) is 113 cm³/mol. The molecule has 0 aromatic heterocycles. The van der Waals surface area contributed by atoms with Crippen LogP contribution in [0.1, 0.15) is 0 Å². The Morgan fingerprint density at radius 2 is 0.517 bits per heavy atom. The van der Waals surface area contributed by atoms with Gasteiger partial charge in [0.2, 0.25) is 0 Å². The molecule has 0 saturated carbocycles. The molecule has 0 aliphatic carbocycles. The van der Waals surface area contributed by atoms with Crippen molar-refractivity contribution in [3.63, 3.8) is 0 Å². The Morgan fingerprint density at radius 3 is 0.517 bits per heavy atom. The number of hydrogen-bond acceptors (Lipinski definition) is 12. The van der Waals surface area contributed by atoms with Gasteiger partial charge in [-0.1, -0.05) is 0 Å². The van der Waals surface area contributed by atoms with Crippen LogP contribution < -0.4 is 0 Å². The van der Waals surface area contributed by atoms with Gasteiger partial charge >= 0.3 is 82.5 Å². The van der Waals surface area contributed by atoms with Crippen molar-refractivity contribution in [2.24, 2.45) is 0 Å². The van der Waals surface area contributed by atoms with E-state index in [1.807, 2.05) is 0 Å². The monoisotopic (exact) mass is 555 g/mol. The fraction of sp³-hybridized carbons (Fsp3) is 1.00. The van der Waals surface area contributed by atoms with Crippen molar-refractivity contribution in [3.05, 3.63) is 0 Å². The summed E-state index contributed by atoms with van der Waals surface area (Å²) in [6, 6.07) is 0. The summed E-state index contributed by atoms with van der Waals surface area (Å²) in [6.07, 6.45) is 0. The van der Waals surface area contributed by atoms with Gasteiger partial charge in [0.05, 0.1) is 0 Å². The van der Waals surface area contributed by atoms with Gasteiger partial charge in [-0.25, -0.2) is 0 Å². The minimum absolute atomic E-state index is 1.05. The Labute approximate surface area is 187 Å². The molecule has 0 atom stereocenters. The Bertz CT molecular complexity index is 232. The zero-order chi connectivity index (χ0) is 23.7. The van der Waals surface area contributed by atoms with Gasteiger partial charge in [-0.15, -0.1) is 0 Å². The van der Waals surface area contributed by atoms with Crippen LogP contribution in [0.2, 0.25) is 0 Å². The van der Waals surface area contributed by atoms with Crippen molar-refractivity contribution in [2.75, 3.05) is 85.3 Å². The van der Waals surface area contributed by atoms with E-state index in [1.165, 1.54) is 21.3 Å². The molecule has 0 bridgehead atoms. The minimum atomic E-state index is -2.55. The molecule has 187 valence electrons. The van der Waals surface area contributed by atoms with Gasteiger partial charge in [0.15, 0.2) is 0 Å². The van der Waals surface area contributed by atoms with Gasteiger partial charge in [0.25, 0.3) is 0 Å². The van der Waals surface area contributed by atoms with E-state index in [2.05, 4.69) is 55.7 Å². The molecule has 0 aliphatic rings. The summed E-state index contributed by atoms with van der Waals surface area (Å²) in [7, 11) is 15.2. The topological polar surface area (TPSA) is 111 Å². The molecule has 0 amide bonds. The summed E-state index contributed by atoms with van der Waals surface area (Å²) in [5, 5.41) is 0. The van der Waals surface area contributed by atoms with E-state index in [-0.39, 0.29) is 0 Å². The Morgan fingerprint density at radius 1 is 0.379 bits per heavy atom. The normalized spacial score (nSPS) is 11.3. The molecule has 0 fully saturated rings. The van der Waals surface area contributed by atoms with Gasteiger partial charge < -0.3 is 40.7 Å². The quantitative estimate of drug-likeness (QED) is 0.252. The van der Waals surface area contributed by atoms with Crippen LogP contribution in [0.25, 0.3) is 0 Å². The van der Waals surface area contributed by atoms with Crippen molar-refractivity contribution in [1.29, 1.82) is 0 Å². The summed E-state index contributed by atoms with van der Waals surface area (Å²) in [6.45, 7) is -2.55. The first-order valence-corrected chi connectivity index (χ1v) is 13.6. The molecule has 0 N–H and O–H groups in total. The first kappa shape index (κ1) is 38.0. The standard InChI is InChI=1S/C3H10O3P.3C3H9O3P.Ni/c4*1-4-7(5-2)6-3;/h7H,1-3H3;3*1-3H3;/q+1;;;;-1. The zero-order valence-corrected chi connectivity index (χ0v) is 23.7. The first-order valence-electron chi connectivity index (χ1n) is 7.31. The second-order valence-electron chi connectivity index (χ2n) is 3.37. The Kier molecular flexibility index (Phi) is 39.0. The van der Waals surface area contributed by atoms with Gasteiger partial charge in [-0.05, 0) is 0 Å². The second kappa shape index (κ2) is 29.7. The van der Waals surface area contributed by atoms with Crippen LogP contribution in [-0.4, -0.2) is 85.3 Å². The van der Waals surface area contributed by atoms with E-state index < -0.39 is 32.5 Å². The number of hydrogen-bond donors (Lipinski definition) is 0. The summed E-state index contributed by atoms with van der Waals surface area (Å²) >= 11 is 4.48. The molecule has 0 aromatic rings. The van der Waals surface area contributed by atoms with Gasteiger partial charge in [0, 0.05) is 64.0 Å². The van der Waals surface area contributed by atoms with E-state index in [4.69, 9.17) is 13.6 Å². The summed E-state index contributed by atoms with van der Waals surface area (Å²) in [4.78, 5) is 0.